The van der Waals surface area contributed by atoms with Crippen molar-refractivity contribution in [1.82, 2.24) is 19.6 Å². The molecular formula is C29H29F3N4O3. The Labute approximate surface area is 223 Å². The first kappa shape index (κ1) is 26.7. The summed E-state index contributed by atoms with van der Waals surface area (Å²) in [5.74, 6) is 0.198. The summed E-state index contributed by atoms with van der Waals surface area (Å²) < 4.78 is 45.4. The minimum Gasteiger partial charge on any atom is -0.497 e. The molecule has 2 aromatic heterocycles. The van der Waals surface area contributed by atoms with E-state index in [4.69, 9.17) is 4.74 Å². The molecule has 0 spiro atoms. The molecule has 1 unspecified atom stereocenters. The highest BCUT2D eigenvalue weighted by Gasteiger charge is 2.31. The second-order valence-electron chi connectivity index (χ2n) is 9.78. The number of aliphatic hydroxyl groups is 1. The number of carbonyl (C=O) groups excluding carboxylic acids is 1. The van der Waals surface area contributed by atoms with Crippen molar-refractivity contribution in [2.24, 2.45) is 0 Å². The van der Waals surface area contributed by atoms with Crippen LogP contribution in [-0.2, 0) is 25.6 Å². The van der Waals surface area contributed by atoms with E-state index in [0.717, 1.165) is 36.4 Å². The van der Waals surface area contributed by atoms with Gasteiger partial charge >= 0.3 is 6.18 Å². The third-order valence-electron chi connectivity index (χ3n) is 7.05. The SMILES string of the molecule is COc1ccc(CN(CC(O)CNC(=O)c2cn3cc(C(F)(F)F)ccc3n2)C2Cc3ccccc3C2)cc1. The fraction of sp³-hybridized carbons (Fsp3) is 0.310. The molecule has 0 radical (unpaired) electrons. The summed E-state index contributed by atoms with van der Waals surface area (Å²) in [4.78, 5) is 19.0. The van der Waals surface area contributed by atoms with Gasteiger partial charge in [0.2, 0.25) is 0 Å². The second-order valence-corrected chi connectivity index (χ2v) is 9.78. The molecule has 0 aliphatic heterocycles. The van der Waals surface area contributed by atoms with E-state index in [1.54, 1.807) is 7.11 Å². The zero-order valence-electron chi connectivity index (χ0n) is 21.4. The molecule has 204 valence electrons. The summed E-state index contributed by atoms with van der Waals surface area (Å²) >= 11 is 0. The molecule has 10 heteroatoms. The van der Waals surface area contributed by atoms with E-state index in [1.807, 2.05) is 36.4 Å². The molecule has 1 atom stereocenters. The Morgan fingerprint density at radius 3 is 2.44 bits per heavy atom. The quantitative estimate of drug-likeness (QED) is 0.335. The van der Waals surface area contributed by atoms with Crippen LogP contribution < -0.4 is 10.1 Å². The van der Waals surface area contributed by atoms with Crippen LogP contribution in [0.2, 0.25) is 0 Å². The Hall–Kier alpha value is -3.89. The maximum Gasteiger partial charge on any atom is 0.417 e. The van der Waals surface area contributed by atoms with Gasteiger partial charge in [-0.3, -0.25) is 9.69 Å². The number of aromatic nitrogens is 2. The lowest BCUT2D eigenvalue weighted by molar-refractivity contribution is -0.137. The predicted molar refractivity (Wildman–Crippen MR) is 140 cm³/mol. The highest BCUT2D eigenvalue weighted by molar-refractivity contribution is 5.92. The van der Waals surface area contributed by atoms with Crippen LogP contribution in [0.4, 0.5) is 13.2 Å². The van der Waals surface area contributed by atoms with Crippen molar-refractivity contribution in [2.75, 3.05) is 20.2 Å². The molecule has 0 saturated carbocycles. The average molecular weight is 539 g/mol. The van der Waals surface area contributed by atoms with Crippen molar-refractivity contribution in [3.05, 3.63) is 101 Å². The van der Waals surface area contributed by atoms with Crippen molar-refractivity contribution in [1.29, 1.82) is 0 Å². The van der Waals surface area contributed by atoms with Crippen LogP contribution in [0.1, 0.15) is 32.7 Å². The molecule has 2 N–H and O–H groups in total. The molecule has 39 heavy (non-hydrogen) atoms. The number of nitrogens with zero attached hydrogens (tertiary/aromatic N) is 3. The maximum atomic E-state index is 13.0. The highest BCUT2D eigenvalue weighted by Crippen LogP contribution is 2.29. The van der Waals surface area contributed by atoms with Crippen LogP contribution in [0, 0.1) is 0 Å². The van der Waals surface area contributed by atoms with Gasteiger partial charge in [0.1, 0.15) is 17.1 Å². The molecule has 0 fully saturated rings. The summed E-state index contributed by atoms with van der Waals surface area (Å²) in [6, 6.07) is 18.4. The zero-order valence-corrected chi connectivity index (χ0v) is 21.4. The number of hydrogen-bond donors (Lipinski definition) is 2. The van der Waals surface area contributed by atoms with E-state index in [1.165, 1.54) is 27.8 Å². The Morgan fingerprint density at radius 1 is 1.10 bits per heavy atom. The van der Waals surface area contributed by atoms with Gasteiger partial charge < -0.3 is 19.6 Å². The van der Waals surface area contributed by atoms with Gasteiger partial charge in [0.15, 0.2) is 0 Å². The zero-order chi connectivity index (χ0) is 27.6. The lowest BCUT2D eigenvalue weighted by Gasteiger charge is -2.31. The third kappa shape index (κ3) is 6.23. The van der Waals surface area contributed by atoms with E-state index in [2.05, 4.69) is 27.3 Å². The van der Waals surface area contributed by atoms with E-state index in [-0.39, 0.29) is 23.9 Å². The summed E-state index contributed by atoms with van der Waals surface area (Å²) in [7, 11) is 1.62. The van der Waals surface area contributed by atoms with E-state index < -0.39 is 23.8 Å². The standard InChI is InChI=1S/C29H29F3N4O3/c1-39-25-9-6-19(7-10-25)15-35(23-12-20-4-2-3-5-21(20)13-23)17-24(37)14-33-28(38)26-18-36-16-22(29(30,31)32)8-11-27(36)34-26/h2-11,16,18,23-24,37H,12-15,17H2,1H3,(H,33,38). The average Bonchev–Trinajstić information content (AvgIpc) is 3.55. The van der Waals surface area contributed by atoms with Crippen LogP contribution >= 0.6 is 0 Å². The molecular weight excluding hydrogens is 509 g/mol. The number of amides is 1. The highest BCUT2D eigenvalue weighted by atomic mass is 19.4. The number of benzene rings is 2. The smallest absolute Gasteiger partial charge is 0.417 e. The Kier molecular flexibility index (Phi) is 7.58. The maximum absolute atomic E-state index is 13.0. The van der Waals surface area contributed by atoms with Gasteiger partial charge in [0.25, 0.3) is 5.91 Å². The fourth-order valence-electron chi connectivity index (χ4n) is 5.01. The summed E-state index contributed by atoms with van der Waals surface area (Å²) in [6.45, 7) is 0.909. The van der Waals surface area contributed by atoms with Crippen LogP contribution in [0.25, 0.3) is 5.65 Å². The Morgan fingerprint density at radius 2 is 1.79 bits per heavy atom. The fourth-order valence-corrected chi connectivity index (χ4v) is 5.01. The number of fused-ring (bicyclic) bond motifs is 2. The third-order valence-corrected chi connectivity index (χ3v) is 7.05. The minimum absolute atomic E-state index is 0.0251. The molecule has 1 amide bonds. The van der Waals surface area contributed by atoms with E-state index in [0.29, 0.717) is 13.1 Å². The Bertz CT molecular complexity index is 1430. The van der Waals surface area contributed by atoms with Crippen LogP contribution in [0.5, 0.6) is 5.75 Å². The van der Waals surface area contributed by atoms with E-state index in [9.17, 15) is 23.1 Å². The van der Waals surface area contributed by atoms with E-state index >= 15 is 0 Å². The largest absolute Gasteiger partial charge is 0.497 e. The number of methoxy groups -OCH3 is 1. The number of carbonyl (C=O) groups is 1. The number of imidazole rings is 1. The van der Waals surface area contributed by atoms with Gasteiger partial charge in [-0.2, -0.15) is 13.2 Å². The number of alkyl halides is 3. The number of aliphatic hydroxyl groups excluding tert-OH is 1. The van der Waals surface area contributed by atoms with Crippen molar-refractivity contribution in [3.8, 4) is 5.75 Å². The summed E-state index contributed by atoms with van der Waals surface area (Å²) in [5.41, 5.74) is 3.03. The lowest BCUT2D eigenvalue weighted by Crippen LogP contribution is -2.44. The molecule has 5 rings (SSSR count). The van der Waals surface area contributed by atoms with Crippen LogP contribution in [-0.4, -0.2) is 57.6 Å². The van der Waals surface area contributed by atoms with Crippen LogP contribution in [0.15, 0.2) is 73.1 Å². The summed E-state index contributed by atoms with van der Waals surface area (Å²) in [6.07, 6.45) is -1.49. The normalized spacial score (nSPS) is 14.5. The van der Waals surface area contributed by atoms with Gasteiger partial charge in [0.05, 0.1) is 18.8 Å². The number of nitrogens with one attached hydrogen (secondary N) is 1. The second kappa shape index (κ2) is 11.1. The molecule has 2 heterocycles. The van der Waals surface area contributed by atoms with Crippen molar-refractivity contribution < 1.29 is 27.8 Å². The van der Waals surface area contributed by atoms with Gasteiger partial charge in [-0.05, 0) is 53.8 Å². The number of halogens is 3. The first-order valence-corrected chi connectivity index (χ1v) is 12.7. The van der Waals surface area contributed by atoms with Gasteiger partial charge in [-0.15, -0.1) is 0 Å². The number of ether oxygens (including phenoxy) is 1. The summed E-state index contributed by atoms with van der Waals surface area (Å²) in [5, 5.41) is 13.6. The molecule has 1 aliphatic rings. The minimum atomic E-state index is -4.50. The number of hydrogen-bond acceptors (Lipinski definition) is 5. The first-order valence-electron chi connectivity index (χ1n) is 12.7. The van der Waals surface area contributed by atoms with Crippen LogP contribution in [0.3, 0.4) is 0 Å². The Balaban J connectivity index is 1.24. The van der Waals surface area contributed by atoms with Gasteiger partial charge in [-0.1, -0.05) is 36.4 Å². The van der Waals surface area contributed by atoms with Gasteiger partial charge in [0, 0.05) is 38.1 Å². The molecule has 1 aliphatic carbocycles. The van der Waals surface area contributed by atoms with Crippen molar-refractivity contribution in [3.63, 3.8) is 0 Å². The predicted octanol–water partition coefficient (Wildman–Crippen LogP) is 4.12. The topological polar surface area (TPSA) is 79.1 Å². The lowest BCUT2D eigenvalue weighted by atomic mass is 10.1. The van der Waals surface area contributed by atoms with Crippen molar-refractivity contribution >= 4 is 11.6 Å². The molecule has 0 bridgehead atoms. The molecule has 2 aromatic carbocycles. The number of rotatable bonds is 9. The van der Waals surface area contributed by atoms with Crippen molar-refractivity contribution in [2.45, 2.75) is 37.7 Å². The molecule has 7 nitrogen and oxygen atoms in total. The monoisotopic (exact) mass is 538 g/mol. The molecule has 0 saturated heterocycles. The van der Waals surface area contributed by atoms with Gasteiger partial charge in [-0.25, -0.2) is 4.98 Å². The number of pyridine rings is 1. The molecule has 4 aromatic rings. The first-order chi connectivity index (χ1) is 18.7.